The SMILES string of the molecule is CN(C)c1cc2ccn([C@@H]3O[C@H](CO)[C@@H](O)[C@@H]3O)c(=O)c2cc1F. The molecular weight excluding hydrogens is 319 g/mol. The van der Waals surface area contributed by atoms with E-state index < -0.39 is 42.5 Å². The Bertz CT molecular complexity index is 822. The van der Waals surface area contributed by atoms with Crippen molar-refractivity contribution in [2.24, 2.45) is 0 Å². The number of rotatable bonds is 3. The quantitative estimate of drug-likeness (QED) is 0.719. The Morgan fingerprint density at radius 3 is 2.58 bits per heavy atom. The zero-order valence-electron chi connectivity index (χ0n) is 13.3. The van der Waals surface area contributed by atoms with E-state index in [-0.39, 0.29) is 5.39 Å². The molecule has 0 amide bonds. The van der Waals surface area contributed by atoms with Crippen LogP contribution in [0, 0.1) is 5.82 Å². The standard InChI is InChI=1S/C16H19FN2O5/c1-18(2)11-5-8-3-4-19(15(23)9(8)6-10(11)17)16-14(22)13(21)12(7-20)24-16/h3-6,12-14,16,20-22H,7H2,1-2H3/t12-,13-,14+,16-/m1/s1. The first kappa shape index (κ1) is 16.8. The van der Waals surface area contributed by atoms with Gasteiger partial charge in [-0.2, -0.15) is 0 Å². The van der Waals surface area contributed by atoms with E-state index >= 15 is 0 Å². The number of nitrogens with zero attached hydrogens (tertiary/aromatic N) is 2. The Morgan fingerprint density at radius 1 is 1.29 bits per heavy atom. The highest BCUT2D eigenvalue weighted by Crippen LogP contribution is 2.29. The Balaban J connectivity index is 2.10. The summed E-state index contributed by atoms with van der Waals surface area (Å²) in [6.07, 6.45) is -3.40. The Morgan fingerprint density at radius 2 is 2.00 bits per heavy atom. The van der Waals surface area contributed by atoms with Crippen LogP contribution in [-0.2, 0) is 4.74 Å². The summed E-state index contributed by atoms with van der Waals surface area (Å²) in [5.41, 5.74) is -0.195. The summed E-state index contributed by atoms with van der Waals surface area (Å²) in [5.74, 6) is -0.538. The molecule has 2 aromatic rings. The lowest BCUT2D eigenvalue weighted by atomic mass is 10.1. The van der Waals surface area contributed by atoms with E-state index in [1.807, 2.05) is 0 Å². The maximum atomic E-state index is 14.2. The minimum absolute atomic E-state index is 0.137. The van der Waals surface area contributed by atoms with Crippen LogP contribution in [0.2, 0.25) is 0 Å². The van der Waals surface area contributed by atoms with Crippen LogP contribution < -0.4 is 10.5 Å². The van der Waals surface area contributed by atoms with Crippen molar-refractivity contribution in [3.05, 3.63) is 40.6 Å². The second-order valence-corrected chi connectivity index (χ2v) is 6.04. The summed E-state index contributed by atoms with van der Waals surface area (Å²) < 4.78 is 20.6. The molecule has 1 aliphatic heterocycles. The molecule has 24 heavy (non-hydrogen) atoms. The summed E-state index contributed by atoms with van der Waals surface area (Å²) in [4.78, 5) is 14.2. The van der Waals surface area contributed by atoms with Gasteiger partial charge in [0.25, 0.3) is 5.56 Å². The molecule has 130 valence electrons. The zero-order chi connectivity index (χ0) is 17.6. The average Bonchev–Trinajstić information content (AvgIpc) is 2.83. The molecule has 3 rings (SSSR count). The van der Waals surface area contributed by atoms with Gasteiger partial charge in [0.15, 0.2) is 6.23 Å². The number of fused-ring (bicyclic) bond motifs is 1. The predicted octanol–water partition coefficient (Wildman–Crippen LogP) is -0.182. The molecule has 2 heterocycles. The lowest BCUT2D eigenvalue weighted by Crippen LogP contribution is -2.35. The van der Waals surface area contributed by atoms with E-state index in [1.165, 1.54) is 6.20 Å². The van der Waals surface area contributed by atoms with Crippen molar-refractivity contribution in [1.82, 2.24) is 4.57 Å². The molecule has 0 spiro atoms. The number of hydrogen-bond acceptors (Lipinski definition) is 6. The van der Waals surface area contributed by atoms with Gasteiger partial charge in [0.05, 0.1) is 17.7 Å². The Kier molecular flexibility index (Phi) is 4.31. The van der Waals surface area contributed by atoms with Crippen molar-refractivity contribution >= 4 is 16.5 Å². The summed E-state index contributed by atoms with van der Waals surface area (Å²) >= 11 is 0. The third-order valence-electron chi connectivity index (χ3n) is 4.27. The van der Waals surface area contributed by atoms with Crippen LogP contribution >= 0.6 is 0 Å². The maximum absolute atomic E-state index is 14.2. The van der Waals surface area contributed by atoms with E-state index in [0.29, 0.717) is 11.1 Å². The van der Waals surface area contributed by atoms with Crippen LogP contribution in [0.3, 0.4) is 0 Å². The predicted molar refractivity (Wildman–Crippen MR) is 85.5 cm³/mol. The van der Waals surface area contributed by atoms with E-state index in [2.05, 4.69) is 0 Å². The number of aromatic nitrogens is 1. The molecule has 4 atom stereocenters. The van der Waals surface area contributed by atoms with Gasteiger partial charge in [-0.25, -0.2) is 4.39 Å². The first-order chi connectivity index (χ1) is 11.3. The number of hydrogen-bond donors (Lipinski definition) is 3. The van der Waals surface area contributed by atoms with E-state index in [4.69, 9.17) is 9.84 Å². The van der Waals surface area contributed by atoms with E-state index in [0.717, 1.165) is 10.6 Å². The molecule has 0 saturated carbocycles. The van der Waals surface area contributed by atoms with Crippen molar-refractivity contribution in [3.63, 3.8) is 0 Å². The largest absolute Gasteiger partial charge is 0.394 e. The third kappa shape index (κ3) is 2.57. The van der Waals surface area contributed by atoms with Gasteiger partial charge in [-0.3, -0.25) is 9.36 Å². The van der Waals surface area contributed by atoms with Crippen LogP contribution in [-0.4, -0.2) is 58.9 Å². The van der Waals surface area contributed by atoms with Gasteiger partial charge in [0, 0.05) is 20.3 Å². The van der Waals surface area contributed by atoms with E-state index in [9.17, 15) is 19.4 Å². The summed E-state index contributed by atoms with van der Waals surface area (Å²) in [5, 5.41) is 29.7. The second-order valence-electron chi connectivity index (χ2n) is 6.04. The summed E-state index contributed by atoms with van der Waals surface area (Å²) in [6, 6.07) is 4.32. The number of halogens is 1. The zero-order valence-corrected chi connectivity index (χ0v) is 13.3. The third-order valence-corrected chi connectivity index (χ3v) is 4.27. The fraction of sp³-hybridized carbons (Fsp3) is 0.438. The highest BCUT2D eigenvalue weighted by Gasteiger charge is 2.43. The van der Waals surface area contributed by atoms with Gasteiger partial charge in [-0.1, -0.05) is 0 Å². The van der Waals surface area contributed by atoms with Crippen molar-refractivity contribution in [2.45, 2.75) is 24.5 Å². The molecule has 7 nitrogen and oxygen atoms in total. The van der Waals surface area contributed by atoms with Gasteiger partial charge in [0.1, 0.15) is 24.1 Å². The average molecular weight is 338 g/mol. The normalized spacial score (nSPS) is 26.9. The number of aliphatic hydroxyl groups is 3. The van der Waals surface area contributed by atoms with Crippen LogP contribution in [0.4, 0.5) is 10.1 Å². The monoisotopic (exact) mass is 338 g/mol. The summed E-state index contributed by atoms with van der Waals surface area (Å²) in [7, 11) is 3.40. The molecule has 3 N–H and O–H groups in total. The molecule has 1 saturated heterocycles. The van der Waals surface area contributed by atoms with Crippen molar-refractivity contribution < 1.29 is 24.4 Å². The Hall–Kier alpha value is -2.00. The highest BCUT2D eigenvalue weighted by atomic mass is 19.1. The minimum atomic E-state index is -1.37. The molecule has 1 aromatic heterocycles. The first-order valence-corrected chi connectivity index (χ1v) is 7.49. The number of pyridine rings is 1. The molecule has 0 unspecified atom stereocenters. The van der Waals surface area contributed by atoms with Crippen LogP contribution in [0.15, 0.2) is 29.2 Å². The van der Waals surface area contributed by atoms with Gasteiger partial charge >= 0.3 is 0 Å². The lowest BCUT2D eigenvalue weighted by Gasteiger charge is -2.19. The topological polar surface area (TPSA) is 95.2 Å². The number of aliphatic hydroxyl groups excluding tert-OH is 3. The van der Waals surface area contributed by atoms with Gasteiger partial charge in [0.2, 0.25) is 0 Å². The molecule has 0 bridgehead atoms. The Labute approximate surface area is 137 Å². The van der Waals surface area contributed by atoms with Gasteiger partial charge in [-0.05, 0) is 23.6 Å². The van der Waals surface area contributed by atoms with Crippen LogP contribution in [0.1, 0.15) is 6.23 Å². The fourth-order valence-electron chi connectivity index (χ4n) is 2.92. The van der Waals surface area contributed by atoms with Gasteiger partial charge < -0.3 is 25.0 Å². The molecule has 8 heteroatoms. The molecule has 1 aromatic carbocycles. The van der Waals surface area contributed by atoms with Crippen molar-refractivity contribution in [2.75, 3.05) is 25.6 Å². The van der Waals surface area contributed by atoms with Crippen LogP contribution in [0.25, 0.3) is 10.8 Å². The number of benzene rings is 1. The maximum Gasteiger partial charge on any atom is 0.260 e. The number of ether oxygens (including phenoxy) is 1. The van der Waals surface area contributed by atoms with E-state index in [1.54, 1.807) is 31.1 Å². The fourth-order valence-corrected chi connectivity index (χ4v) is 2.92. The lowest BCUT2D eigenvalue weighted by molar-refractivity contribution is -0.0541. The molecule has 1 aliphatic rings. The molecular formula is C16H19FN2O5. The minimum Gasteiger partial charge on any atom is -0.394 e. The molecule has 1 fully saturated rings. The van der Waals surface area contributed by atoms with Gasteiger partial charge in [-0.15, -0.1) is 0 Å². The molecule has 0 radical (unpaired) electrons. The van der Waals surface area contributed by atoms with Crippen molar-refractivity contribution in [1.29, 1.82) is 0 Å². The smallest absolute Gasteiger partial charge is 0.260 e. The second kappa shape index (κ2) is 6.14. The first-order valence-electron chi connectivity index (χ1n) is 7.49. The molecule has 0 aliphatic carbocycles. The van der Waals surface area contributed by atoms with Crippen molar-refractivity contribution in [3.8, 4) is 0 Å². The summed E-state index contributed by atoms with van der Waals surface area (Å²) in [6.45, 7) is -0.488. The van der Waals surface area contributed by atoms with Crippen LogP contribution in [0.5, 0.6) is 0 Å². The highest BCUT2D eigenvalue weighted by molar-refractivity contribution is 5.85. The number of anilines is 1.